The maximum absolute atomic E-state index is 13.1. The largest absolute Gasteiger partial charge is 0.461 e. The molecule has 2 rings (SSSR count). The Labute approximate surface area is 333 Å². The van der Waals surface area contributed by atoms with E-state index in [1.165, 1.54) is 0 Å². The molecule has 56 heavy (non-hydrogen) atoms. The van der Waals surface area contributed by atoms with Crippen molar-refractivity contribution >= 4 is 5.97 Å². The molecule has 0 bridgehead atoms. The van der Waals surface area contributed by atoms with Gasteiger partial charge in [-0.25, -0.2) is 0 Å². The number of fused-ring (bicyclic) bond motifs is 1. The molecule has 2 fully saturated rings. The number of terminal acetylenes is 1. The van der Waals surface area contributed by atoms with Gasteiger partial charge in [0.1, 0.15) is 12.0 Å². The molecule has 0 radical (unpaired) electrons. The van der Waals surface area contributed by atoms with Gasteiger partial charge in [-0.2, -0.15) is 0 Å². The third-order valence-corrected chi connectivity index (χ3v) is 6.88. The lowest BCUT2D eigenvalue weighted by Crippen LogP contribution is -2.25. The van der Waals surface area contributed by atoms with Gasteiger partial charge >= 0.3 is 5.97 Å². The first-order valence-corrected chi connectivity index (χ1v) is 16.7. The first-order valence-electron chi connectivity index (χ1n) is 16.7. The van der Waals surface area contributed by atoms with Gasteiger partial charge in [-0.15, -0.1) is 6.42 Å². The minimum Gasteiger partial charge on any atom is -0.461 e. The zero-order valence-corrected chi connectivity index (χ0v) is 30.5. The lowest BCUT2D eigenvalue weighted by molar-refractivity contribution is -0.143. The standard InChI is InChI=1S/C54H24O2/c1-4-7-10-13-16-19-22-24-27-29-32-35-38-42-50-44-40-43-49(41-37-34-31-28-26-23-20-17-14-11-8-5-2)46-47-51-52(54(55)56-53(51)48-50)45-39-36-33-30-25-21-18-15-12-9-6-3/h2,49-53H,40,43-44,46-48H2,1,3H3. The van der Waals surface area contributed by atoms with Crippen molar-refractivity contribution in [2.75, 3.05) is 0 Å². The third kappa shape index (κ3) is 21.0. The molecule has 252 valence electrons. The van der Waals surface area contributed by atoms with Crippen LogP contribution in [0.4, 0.5) is 0 Å². The maximum Gasteiger partial charge on any atom is 0.321 e. The zero-order valence-electron chi connectivity index (χ0n) is 30.5. The molecule has 1 aliphatic carbocycles. The molecule has 1 saturated carbocycles. The number of carbonyl (C=O) groups excluding carboxylic acids is 1. The van der Waals surface area contributed by atoms with Crippen LogP contribution in [0.3, 0.4) is 0 Å². The number of hydrogen-bond donors (Lipinski definition) is 0. The molecule has 2 aliphatic rings. The van der Waals surface area contributed by atoms with E-state index in [0.717, 1.165) is 25.7 Å². The second-order valence-corrected chi connectivity index (χ2v) is 10.5. The molecular weight excluding hydrogens is 681 g/mol. The quantitative estimate of drug-likeness (QED) is 0.286. The molecule has 2 nitrogen and oxygen atoms in total. The normalized spacial score (nSPS) is 16.1. The van der Waals surface area contributed by atoms with Crippen LogP contribution in [0, 0.1) is 261 Å². The van der Waals surface area contributed by atoms with E-state index in [1.807, 2.05) is 0 Å². The molecule has 0 aromatic rings. The summed E-state index contributed by atoms with van der Waals surface area (Å²) in [4.78, 5) is 13.1. The maximum atomic E-state index is 13.1. The van der Waals surface area contributed by atoms with Crippen molar-refractivity contribution in [1.29, 1.82) is 0 Å². The van der Waals surface area contributed by atoms with E-state index < -0.39 is 5.92 Å². The van der Waals surface area contributed by atoms with E-state index in [-0.39, 0.29) is 29.8 Å². The summed E-state index contributed by atoms with van der Waals surface area (Å²) >= 11 is 0. The fraction of sp³-hybridized carbons (Fsp3) is 0.241. The van der Waals surface area contributed by atoms with Gasteiger partial charge in [-0.1, -0.05) is 36.0 Å². The van der Waals surface area contributed by atoms with E-state index in [9.17, 15) is 4.79 Å². The van der Waals surface area contributed by atoms with Crippen LogP contribution in [-0.2, 0) is 9.53 Å². The molecule has 1 heterocycles. The minimum atomic E-state index is -0.651. The second-order valence-electron chi connectivity index (χ2n) is 10.5. The Hall–Kier alpha value is -9.33. The highest BCUT2D eigenvalue weighted by Crippen LogP contribution is 2.38. The number of hydrogen-bond acceptors (Lipinski definition) is 2. The van der Waals surface area contributed by atoms with Crippen molar-refractivity contribution in [2.45, 2.75) is 58.5 Å². The number of rotatable bonds is 0. The van der Waals surface area contributed by atoms with Gasteiger partial charge in [0.15, 0.2) is 0 Å². The van der Waals surface area contributed by atoms with E-state index in [2.05, 4.69) is 231 Å². The van der Waals surface area contributed by atoms with Crippen LogP contribution in [0.1, 0.15) is 52.4 Å². The van der Waals surface area contributed by atoms with Crippen LogP contribution >= 0.6 is 0 Å². The first kappa shape index (κ1) is 42.8. The molecule has 1 saturated heterocycles. The summed E-state index contributed by atoms with van der Waals surface area (Å²) in [5, 5.41) is 0. The highest BCUT2D eigenvalue weighted by molar-refractivity contribution is 5.79. The Morgan fingerprint density at radius 2 is 0.786 bits per heavy atom. The topological polar surface area (TPSA) is 26.3 Å². The Kier molecular flexibility index (Phi) is 23.3. The molecule has 0 amide bonds. The monoisotopic (exact) mass is 704 g/mol. The average molecular weight is 705 g/mol. The molecule has 0 N–H and O–H groups in total. The number of esters is 1. The summed E-state index contributed by atoms with van der Waals surface area (Å²) < 4.78 is 5.89. The molecule has 0 aromatic heterocycles. The minimum absolute atomic E-state index is 0.0286. The van der Waals surface area contributed by atoms with Gasteiger partial charge in [-0.05, 0) is 247 Å². The predicted molar refractivity (Wildman–Crippen MR) is 219 cm³/mol. The van der Waals surface area contributed by atoms with Crippen molar-refractivity contribution < 1.29 is 9.53 Å². The lowest BCUT2D eigenvalue weighted by atomic mass is 9.78. The summed E-state index contributed by atoms with van der Waals surface area (Å²) in [6.07, 6.45) is 9.07. The molecule has 0 aromatic carbocycles. The van der Waals surface area contributed by atoms with E-state index >= 15 is 0 Å². The van der Waals surface area contributed by atoms with E-state index in [1.54, 1.807) is 13.8 Å². The van der Waals surface area contributed by atoms with Gasteiger partial charge in [0.25, 0.3) is 0 Å². The summed E-state index contributed by atoms with van der Waals surface area (Å²) in [7, 11) is 0. The van der Waals surface area contributed by atoms with Gasteiger partial charge in [0.2, 0.25) is 0 Å². The van der Waals surface area contributed by atoms with Gasteiger partial charge < -0.3 is 4.74 Å². The first-order chi connectivity index (χ1) is 27.7. The molecule has 1 aliphatic heterocycles. The van der Waals surface area contributed by atoms with Gasteiger partial charge in [-0.3, -0.25) is 4.79 Å². The van der Waals surface area contributed by atoms with Crippen molar-refractivity contribution in [3.05, 3.63) is 0 Å². The second kappa shape index (κ2) is 30.5. The van der Waals surface area contributed by atoms with Crippen molar-refractivity contribution in [2.24, 2.45) is 23.7 Å². The van der Waals surface area contributed by atoms with Crippen molar-refractivity contribution in [1.82, 2.24) is 0 Å². The highest BCUT2D eigenvalue weighted by Gasteiger charge is 2.44. The van der Waals surface area contributed by atoms with E-state index in [4.69, 9.17) is 11.2 Å². The number of ether oxygens (including phenoxy) is 1. The summed E-state index contributed by atoms with van der Waals surface area (Å²) in [6.45, 7) is 3.38. The lowest BCUT2D eigenvalue weighted by Gasteiger charge is -2.25. The van der Waals surface area contributed by atoms with Crippen LogP contribution in [-0.4, -0.2) is 12.1 Å². The average Bonchev–Trinajstić information content (AvgIpc) is 3.50. The zero-order chi connectivity index (χ0) is 40.0. The molecule has 2 heteroatoms. The fourth-order valence-corrected chi connectivity index (χ4v) is 4.66. The predicted octanol–water partition coefficient (Wildman–Crippen LogP) is 3.47. The van der Waals surface area contributed by atoms with Crippen LogP contribution in [0.2, 0.25) is 0 Å². The third-order valence-electron chi connectivity index (χ3n) is 6.88. The Morgan fingerprint density at radius 3 is 1.21 bits per heavy atom. The van der Waals surface area contributed by atoms with Crippen LogP contribution in [0.25, 0.3) is 0 Å². The van der Waals surface area contributed by atoms with Crippen molar-refractivity contribution in [3.63, 3.8) is 0 Å². The summed E-state index contributed by atoms with van der Waals surface area (Å²) in [6, 6.07) is 0. The van der Waals surface area contributed by atoms with Crippen LogP contribution in [0.15, 0.2) is 0 Å². The Morgan fingerprint density at radius 1 is 0.429 bits per heavy atom. The molecule has 0 spiro atoms. The molecule has 5 atom stereocenters. The Balaban J connectivity index is 2.28. The Bertz CT molecular complexity index is 2880. The van der Waals surface area contributed by atoms with Crippen molar-refractivity contribution in [3.8, 4) is 237 Å². The van der Waals surface area contributed by atoms with Crippen LogP contribution in [0.5, 0.6) is 0 Å². The van der Waals surface area contributed by atoms with Gasteiger partial charge in [0.05, 0.1) is 0 Å². The van der Waals surface area contributed by atoms with Crippen LogP contribution < -0.4 is 0 Å². The summed E-state index contributed by atoms with van der Waals surface area (Å²) in [5.74, 6) is 102. The van der Waals surface area contributed by atoms with E-state index in [0.29, 0.717) is 12.8 Å². The summed E-state index contributed by atoms with van der Waals surface area (Å²) in [5.41, 5.74) is 0. The molecular formula is C54H24O2. The number of carbonyl (C=O) groups is 1. The molecule has 5 unspecified atom stereocenters. The fourth-order valence-electron chi connectivity index (χ4n) is 4.66. The smallest absolute Gasteiger partial charge is 0.321 e. The SMILES string of the molecule is C#CC#CC#CC#CC#CC#CC#CC1CCCC(C#CC#CC#CC#CC#CC#CC#CC)CC2OC(=O)C(C#CC#CC#CC#CC#CC#CC)C2CC1. The highest BCUT2D eigenvalue weighted by atomic mass is 16.6. The van der Waals surface area contributed by atoms with Gasteiger partial charge in [0, 0.05) is 17.8 Å².